The van der Waals surface area contributed by atoms with Crippen LogP contribution in [0.1, 0.15) is 31.0 Å². The molecule has 0 radical (unpaired) electrons. The Hall–Kier alpha value is -2.71. The summed E-state index contributed by atoms with van der Waals surface area (Å²) in [5.41, 5.74) is 2.95. The van der Waals surface area contributed by atoms with E-state index in [4.69, 9.17) is 19.3 Å². The molecule has 2 heterocycles. The Kier molecular flexibility index (Phi) is 8.71. The van der Waals surface area contributed by atoms with Crippen molar-refractivity contribution < 1.29 is 19.3 Å². The fourth-order valence-electron chi connectivity index (χ4n) is 4.42. The predicted molar refractivity (Wildman–Crippen MR) is 132 cm³/mol. The third-order valence-electron chi connectivity index (χ3n) is 6.01. The first-order valence-electron chi connectivity index (χ1n) is 12.1. The average Bonchev–Trinajstić information content (AvgIpc) is 3.48. The first kappa shape index (κ1) is 24.4. The Morgan fingerprint density at radius 2 is 1.88 bits per heavy atom. The standard InChI is InChI=1S/C27H35N3O4/c1-3-26-25(19-29(17-22(31)20-32-2)18-24-15-10-16-33-24)27(34-23-13-8-5-9-14-23)30(28-26)21-11-6-4-7-12-21/h4-9,11-14,22,24,31H,3,10,15-20H2,1-2H3/t22-,24+/m1/s1. The molecule has 0 saturated carbocycles. The normalized spacial score (nSPS) is 16.8. The monoisotopic (exact) mass is 465 g/mol. The van der Waals surface area contributed by atoms with E-state index in [0.717, 1.165) is 55.1 Å². The lowest BCUT2D eigenvalue weighted by Crippen LogP contribution is -2.39. The minimum Gasteiger partial charge on any atom is -0.439 e. The molecule has 0 unspecified atom stereocenters. The molecule has 182 valence electrons. The van der Waals surface area contributed by atoms with E-state index in [0.29, 0.717) is 25.6 Å². The summed E-state index contributed by atoms with van der Waals surface area (Å²) < 4.78 is 19.4. The molecular formula is C27H35N3O4. The van der Waals surface area contributed by atoms with Crippen LogP contribution < -0.4 is 4.74 Å². The van der Waals surface area contributed by atoms with Gasteiger partial charge in [0.1, 0.15) is 5.75 Å². The minimum absolute atomic E-state index is 0.169. The second-order valence-electron chi connectivity index (χ2n) is 8.68. The Balaban J connectivity index is 1.70. The van der Waals surface area contributed by atoms with Gasteiger partial charge in [-0.3, -0.25) is 4.90 Å². The van der Waals surface area contributed by atoms with Gasteiger partial charge in [0.25, 0.3) is 0 Å². The highest BCUT2D eigenvalue weighted by Gasteiger charge is 2.26. The number of aryl methyl sites for hydroxylation is 1. The van der Waals surface area contributed by atoms with Gasteiger partial charge in [0.2, 0.25) is 5.88 Å². The summed E-state index contributed by atoms with van der Waals surface area (Å²) in [6, 6.07) is 19.8. The van der Waals surface area contributed by atoms with Crippen molar-refractivity contribution in [3.05, 3.63) is 71.9 Å². The maximum absolute atomic E-state index is 10.5. The summed E-state index contributed by atoms with van der Waals surface area (Å²) in [5, 5.41) is 15.5. The van der Waals surface area contributed by atoms with Crippen molar-refractivity contribution in [2.75, 3.05) is 33.4 Å². The number of benzene rings is 2. The highest BCUT2D eigenvalue weighted by Crippen LogP contribution is 2.32. The number of hydrogen-bond acceptors (Lipinski definition) is 6. The molecule has 3 aromatic rings. The Morgan fingerprint density at radius 3 is 2.53 bits per heavy atom. The molecule has 0 amide bonds. The summed E-state index contributed by atoms with van der Waals surface area (Å²) in [7, 11) is 1.61. The van der Waals surface area contributed by atoms with Crippen LogP contribution in [-0.4, -0.2) is 65.4 Å². The first-order chi connectivity index (χ1) is 16.7. The molecule has 1 fully saturated rings. The smallest absolute Gasteiger partial charge is 0.227 e. The van der Waals surface area contributed by atoms with Gasteiger partial charge in [-0.25, -0.2) is 4.68 Å². The molecule has 0 aliphatic carbocycles. The van der Waals surface area contributed by atoms with E-state index in [2.05, 4.69) is 11.8 Å². The number of aromatic nitrogens is 2. The Labute approximate surface area is 201 Å². The molecule has 2 atom stereocenters. The molecule has 0 bridgehead atoms. The van der Waals surface area contributed by atoms with Crippen LogP contribution in [0, 0.1) is 0 Å². The number of ether oxygens (including phenoxy) is 3. The van der Waals surface area contributed by atoms with E-state index in [1.54, 1.807) is 7.11 Å². The fourth-order valence-corrected chi connectivity index (χ4v) is 4.42. The number of hydrogen-bond donors (Lipinski definition) is 1. The van der Waals surface area contributed by atoms with E-state index in [-0.39, 0.29) is 6.10 Å². The molecule has 1 saturated heterocycles. The molecule has 0 spiro atoms. The zero-order valence-corrected chi connectivity index (χ0v) is 20.1. The third-order valence-corrected chi connectivity index (χ3v) is 6.01. The highest BCUT2D eigenvalue weighted by atomic mass is 16.5. The van der Waals surface area contributed by atoms with Gasteiger partial charge in [-0.05, 0) is 43.5 Å². The molecule has 1 N–H and O–H groups in total. The van der Waals surface area contributed by atoms with Gasteiger partial charge in [0.15, 0.2) is 0 Å². The predicted octanol–water partition coefficient (Wildman–Crippen LogP) is 4.22. The van der Waals surface area contributed by atoms with Crippen LogP contribution in [0.15, 0.2) is 60.7 Å². The van der Waals surface area contributed by atoms with Gasteiger partial charge in [0.05, 0.1) is 35.8 Å². The van der Waals surface area contributed by atoms with Gasteiger partial charge < -0.3 is 19.3 Å². The lowest BCUT2D eigenvalue weighted by atomic mass is 10.1. The van der Waals surface area contributed by atoms with Crippen LogP contribution in [0.3, 0.4) is 0 Å². The number of nitrogens with zero attached hydrogens (tertiary/aromatic N) is 3. The molecule has 7 heteroatoms. The lowest BCUT2D eigenvalue weighted by molar-refractivity contribution is 0.0155. The summed E-state index contributed by atoms with van der Waals surface area (Å²) in [6.45, 7) is 5.02. The fraction of sp³-hybridized carbons (Fsp3) is 0.444. The van der Waals surface area contributed by atoms with Gasteiger partial charge in [-0.2, -0.15) is 5.10 Å². The lowest BCUT2D eigenvalue weighted by Gasteiger charge is -2.27. The van der Waals surface area contributed by atoms with Gasteiger partial charge in [0, 0.05) is 33.4 Å². The van der Waals surface area contributed by atoms with Crippen molar-refractivity contribution in [3.8, 4) is 17.3 Å². The summed E-state index contributed by atoms with van der Waals surface area (Å²) in [4.78, 5) is 2.24. The molecule has 2 aromatic carbocycles. The number of aliphatic hydroxyl groups excluding tert-OH is 1. The summed E-state index contributed by atoms with van der Waals surface area (Å²) in [6.07, 6.45) is 2.47. The Morgan fingerprint density at radius 1 is 1.15 bits per heavy atom. The van der Waals surface area contributed by atoms with Crippen LogP contribution in [0.25, 0.3) is 5.69 Å². The van der Waals surface area contributed by atoms with Gasteiger partial charge >= 0.3 is 0 Å². The second kappa shape index (κ2) is 12.1. The van der Waals surface area contributed by atoms with E-state index >= 15 is 0 Å². The van der Waals surface area contributed by atoms with Gasteiger partial charge in [-0.1, -0.05) is 43.3 Å². The number of methoxy groups -OCH3 is 1. The maximum atomic E-state index is 10.5. The molecule has 1 aliphatic heterocycles. The maximum Gasteiger partial charge on any atom is 0.227 e. The summed E-state index contributed by atoms with van der Waals surface area (Å²) >= 11 is 0. The van der Waals surface area contributed by atoms with E-state index < -0.39 is 6.10 Å². The van der Waals surface area contributed by atoms with Crippen molar-refractivity contribution >= 4 is 0 Å². The third kappa shape index (κ3) is 6.24. The summed E-state index contributed by atoms with van der Waals surface area (Å²) in [5.74, 6) is 1.46. The van der Waals surface area contributed by atoms with Crippen LogP contribution >= 0.6 is 0 Å². The highest BCUT2D eigenvalue weighted by molar-refractivity contribution is 5.43. The van der Waals surface area contributed by atoms with Gasteiger partial charge in [-0.15, -0.1) is 0 Å². The molecule has 4 rings (SSSR count). The second-order valence-corrected chi connectivity index (χ2v) is 8.68. The van der Waals surface area contributed by atoms with Crippen molar-refractivity contribution in [2.45, 2.75) is 44.9 Å². The van der Waals surface area contributed by atoms with E-state index in [1.165, 1.54) is 0 Å². The minimum atomic E-state index is -0.584. The first-order valence-corrected chi connectivity index (χ1v) is 12.1. The van der Waals surface area contributed by atoms with Crippen molar-refractivity contribution in [3.63, 3.8) is 0 Å². The van der Waals surface area contributed by atoms with Crippen LogP contribution in [0.5, 0.6) is 11.6 Å². The number of aliphatic hydroxyl groups is 1. The van der Waals surface area contributed by atoms with Crippen molar-refractivity contribution in [1.29, 1.82) is 0 Å². The zero-order valence-electron chi connectivity index (χ0n) is 20.1. The molecule has 7 nitrogen and oxygen atoms in total. The molecule has 1 aliphatic rings. The van der Waals surface area contributed by atoms with Crippen LogP contribution in [-0.2, 0) is 22.4 Å². The van der Waals surface area contributed by atoms with Crippen molar-refractivity contribution in [2.24, 2.45) is 0 Å². The SMILES string of the molecule is CCc1nn(-c2ccccc2)c(Oc2ccccc2)c1CN(C[C@@H](O)COC)C[C@@H]1CCCO1. The topological polar surface area (TPSA) is 69.0 Å². The zero-order chi connectivity index (χ0) is 23.8. The Bertz CT molecular complexity index is 1000. The van der Waals surface area contributed by atoms with Crippen LogP contribution in [0.2, 0.25) is 0 Å². The molecule has 34 heavy (non-hydrogen) atoms. The number of para-hydroxylation sites is 2. The van der Waals surface area contributed by atoms with Crippen LogP contribution in [0.4, 0.5) is 0 Å². The molecule has 1 aromatic heterocycles. The average molecular weight is 466 g/mol. The quantitative estimate of drug-likeness (QED) is 0.432. The van der Waals surface area contributed by atoms with E-state index in [9.17, 15) is 5.11 Å². The largest absolute Gasteiger partial charge is 0.439 e. The van der Waals surface area contributed by atoms with Crippen molar-refractivity contribution in [1.82, 2.24) is 14.7 Å². The number of rotatable bonds is 12. The molecular weight excluding hydrogens is 430 g/mol. The van der Waals surface area contributed by atoms with E-state index in [1.807, 2.05) is 65.3 Å².